The summed E-state index contributed by atoms with van der Waals surface area (Å²) in [6.45, 7) is 1.94. The van der Waals surface area contributed by atoms with Crippen molar-refractivity contribution < 1.29 is 4.79 Å². The number of para-hydroxylation sites is 1. The van der Waals surface area contributed by atoms with E-state index in [0.29, 0.717) is 0 Å². The first-order valence-electron chi connectivity index (χ1n) is 6.76. The van der Waals surface area contributed by atoms with Crippen molar-refractivity contribution in [3.05, 3.63) is 63.9 Å². The van der Waals surface area contributed by atoms with E-state index in [0.717, 1.165) is 26.8 Å². The van der Waals surface area contributed by atoms with Gasteiger partial charge in [-0.25, -0.2) is 4.98 Å². The number of rotatable bonds is 4. The van der Waals surface area contributed by atoms with E-state index < -0.39 is 0 Å². The Morgan fingerprint density at radius 1 is 1.18 bits per heavy atom. The Morgan fingerprint density at radius 3 is 2.77 bits per heavy atom. The lowest BCUT2D eigenvalue weighted by molar-refractivity contribution is -0.111. The molecular formula is C17H14N2OS2. The lowest BCUT2D eigenvalue weighted by Gasteiger charge is -2.08. The van der Waals surface area contributed by atoms with Gasteiger partial charge in [0, 0.05) is 27.6 Å². The summed E-state index contributed by atoms with van der Waals surface area (Å²) in [5.74, 6) is -0.158. The molecule has 3 nitrogen and oxygen atoms in total. The summed E-state index contributed by atoms with van der Waals surface area (Å²) in [6, 6.07) is 11.9. The van der Waals surface area contributed by atoms with E-state index in [9.17, 15) is 4.79 Å². The molecule has 0 aliphatic heterocycles. The maximum absolute atomic E-state index is 12.1. The van der Waals surface area contributed by atoms with E-state index in [-0.39, 0.29) is 5.91 Å². The van der Waals surface area contributed by atoms with Crippen molar-refractivity contribution in [2.45, 2.75) is 6.92 Å². The molecule has 2 heterocycles. The summed E-state index contributed by atoms with van der Waals surface area (Å²) < 4.78 is 0. The third kappa shape index (κ3) is 3.50. The van der Waals surface area contributed by atoms with Crippen molar-refractivity contribution in [1.82, 2.24) is 4.98 Å². The summed E-state index contributed by atoms with van der Waals surface area (Å²) in [4.78, 5) is 17.5. The van der Waals surface area contributed by atoms with Crippen molar-refractivity contribution in [3.63, 3.8) is 0 Å². The standard InChI is InChI=1S/C17H14N2OS2/c1-12-18-13(11-22-12)8-9-17(20)19-15-6-3-2-5-14(15)16-7-4-10-21-16/h2-11H,1H3,(H,19,20). The van der Waals surface area contributed by atoms with Gasteiger partial charge in [0.2, 0.25) is 5.91 Å². The van der Waals surface area contributed by atoms with E-state index in [1.807, 2.05) is 54.1 Å². The fraction of sp³-hybridized carbons (Fsp3) is 0.0588. The van der Waals surface area contributed by atoms with E-state index in [2.05, 4.69) is 10.3 Å². The zero-order valence-corrected chi connectivity index (χ0v) is 13.6. The fourth-order valence-corrected chi connectivity index (χ4v) is 3.38. The molecule has 2 aromatic heterocycles. The first-order valence-corrected chi connectivity index (χ1v) is 8.52. The van der Waals surface area contributed by atoms with Crippen LogP contribution in [0.3, 0.4) is 0 Å². The SMILES string of the molecule is Cc1nc(C=CC(=O)Nc2ccccc2-c2cccs2)cs1. The van der Waals surface area contributed by atoms with Gasteiger partial charge >= 0.3 is 0 Å². The van der Waals surface area contributed by atoms with Crippen LogP contribution in [0.25, 0.3) is 16.5 Å². The van der Waals surface area contributed by atoms with Gasteiger partial charge in [-0.3, -0.25) is 4.79 Å². The first kappa shape index (κ1) is 14.7. The third-order valence-electron chi connectivity index (χ3n) is 3.01. The lowest BCUT2D eigenvalue weighted by Crippen LogP contribution is -2.08. The fourth-order valence-electron chi connectivity index (χ4n) is 2.03. The number of carbonyl (C=O) groups is 1. The average Bonchev–Trinajstić information content (AvgIpc) is 3.17. The second-order valence-corrected chi connectivity index (χ2v) is 6.65. The number of aromatic nitrogens is 1. The molecule has 5 heteroatoms. The van der Waals surface area contributed by atoms with Crippen LogP contribution in [0.4, 0.5) is 5.69 Å². The molecule has 0 spiro atoms. The quantitative estimate of drug-likeness (QED) is 0.698. The molecule has 1 aromatic carbocycles. The molecule has 0 aliphatic rings. The molecule has 0 saturated heterocycles. The highest BCUT2D eigenvalue weighted by Gasteiger charge is 2.07. The number of hydrogen-bond donors (Lipinski definition) is 1. The Kier molecular flexibility index (Phi) is 4.46. The van der Waals surface area contributed by atoms with E-state index >= 15 is 0 Å². The maximum atomic E-state index is 12.1. The predicted molar refractivity (Wildman–Crippen MR) is 94.3 cm³/mol. The Balaban J connectivity index is 1.76. The van der Waals surface area contributed by atoms with Crippen molar-refractivity contribution >= 4 is 40.3 Å². The number of nitrogens with zero attached hydrogens (tertiary/aromatic N) is 1. The second kappa shape index (κ2) is 6.68. The highest BCUT2D eigenvalue weighted by Crippen LogP contribution is 2.31. The molecule has 0 bridgehead atoms. The molecule has 0 aliphatic carbocycles. The Labute approximate surface area is 137 Å². The zero-order chi connectivity index (χ0) is 15.4. The van der Waals surface area contributed by atoms with Crippen LogP contribution in [-0.2, 0) is 4.79 Å². The molecule has 3 aromatic rings. The molecule has 110 valence electrons. The summed E-state index contributed by atoms with van der Waals surface area (Å²) in [5, 5.41) is 7.88. The molecular weight excluding hydrogens is 312 g/mol. The van der Waals surface area contributed by atoms with Crippen molar-refractivity contribution in [3.8, 4) is 10.4 Å². The second-order valence-electron chi connectivity index (χ2n) is 4.64. The lowest BCUT2D eigenvalue weighted by atomic mass is 10.1. The first-order chi connectivity index (χ1) is 10.7. The van der Waals surface area contributed by atoms with Crippen molar-refractivity contribution in [1.29, 1.82) is 0 Å². The molecule has 0 fully saturated rings. The summed E-state index contributed by atoms with van der Waals surface area (Å²) in [7, 11) is 0. The van der Waals surface area contributed by atoms with Gasteiger partial charge in [0.1, 0.15) is 0 Å². The van der Waals surface area contributed by atoms with Gasteiger partial charge in [-0.05, 0) is 30.5 Å². The van der Waals surface area contributed by atoms with Crippen LogP contribution >= 0.6 is 22.7 Å². The monoisotopic (exact) mass is 326 g/mol. The molecule has 3 rings (SSSR count). The smallest absolute Gasteiger partial charge is 0.248 e. The summed E-state index contributed by atoms with van der Waals surface area (Å²) in [5.41, 5.74) is 2.65. The van der Waals surface area contributed by atoms with Crippen molar-refractivity contribution in [2.75, 3.05) is 5.32 Å². The number of amides is 1. The van der Waals surface area contributed by atoms with Crippen LogP contribution in [0.2, 0.25) is 0 Å². The minimum atomic E-state index is -0.158. The van der Waals surface area contributed by atoms with Crippen LogP contribution in [0.15, 0.2) is 53.2 Å². The van der Waals surface area contributed by atoms with Crippen LogP contribution < -0.4 is 5.32 Å². The molecule has 1 amide bonds. The molecule has 0 unspecified atom stereocenters. The number of carbonyl (C=O) groups excluding carboxylic acids is 1. The molecule has 0 saturated carbocycles. The number of thiophene rings is 1. The van der Waals surface area contributed by atoms with Gasteiger partial charge in [0.15, 0.2) is 0 Å². The molecule has 0 atom stereocenters. The Morgan fingerprint density at radius 2 is 2.05 bits per heavy atom. The van der Waals surface area contributed by atoms with Gasteiger partial charge in [0.05, 0.1) is 10.7 Å². The van der Waals surface area contributed by atoms with Crippen LogP contribution in [-0.4, -0.2) is 10.9 Å². The van der Waals surface area contributed by atoms with Gasteiger partial charge in [-0.1, -0.05) is 24.3 Å². The van der Waals surface area contributed by atoms with Gasteiger partial charge in [-0.15, -0.1) is 22.7 Å². The van der Waals surface area contributed by atoms with E-state index in [4.69, 9.17) is 0 Å². The Bertz CT molecular complexity index is 804. The molecule has 0 radical (unpaired) electrons. The number of benzene rings is 1. The number of aryl methyl sites for hydroxylation is 1. The Hall–Kier alpha value is -2.24. The van der Waals surface area contributed by atoms with Crippen LogP contribution in [0.5, 0.6) is 0 Å². The van der Waals surface area contributed by atoms with Gasteiger partial charge in [0.25, 0.3) is 0 Å². The minimum absolute atomic E-state index is 0.158. The number of thiazole rings is 1. The molecule has 22 heavy (non-hydrogen) atoms. The number of anilines is 1. The highest BCUT2D eigenvalue weighted by atomic mass is 32.1. The van der Waals surface area contributed by atoms with E-state index in [1.165, 1.54) is 6.08 Å². The largest absolute Gasteiger partial charge is 0.322 e. The zero-order valence-electron chi connectivity index (χ0n) is 11.9. The minimum Gasteiger partial charge on any atom is -0.322 e. The maximum Gasteiger partial charge on any atom is 0.248 e. The predicted octanol–water partition coefficient (Wildman–Crippen LogP) is 4.83. The van der Waals surface area contributed by atoms with E-state index in [1.54, 1.807) is 28.7 Å². The van der Waals surface area contributed by atoms with Crippen LogP contribution in [0, 0.1) is 6.92 Å². The van der Waals surface area contributed by atoms with Crippen LogP contribution in [0.1, 0.15) is 10.7 Å². The average molecular weight is 326 g/mol. The van der Waals surface area contributed by atoms with Crippen molar-refractivity contribution in [2.24, 2.45) is 0 Å². The number of hydrogen-bond acceptors (Lipinski definition) is 4. The molecule has 1 N–H and O–H groups in total. The number of nitrogens with one attached hydrogen (secondary N) is 1. The summed E-state index contributed by atoms with van der Waals surface area (Å²) >= 11 is 3.22. The third-order valence-corrected chi connectivity index (χ3v) is 4.71. The van der Waals surface area contributed by atoms with Gasteiger partial charge < -0.3 is 5.32 Å². The summed E-state index contributed by atoms with van der Waals surface area (Å²) in [6.07, 6.45) is 3.24. The normalized spacial score (nSPS) is 11.0. The highest BCUT2D eigenvalue weighted by molar-refractivity contribution is 7.13. The topological polar surface area (TPSA) is 42.0 Å². The van der Waals surface area contributed by atoms with Gasteiger partial charge in [-0.2, -0.15) is 0 Å².